The highest BCUT2D eigenvalue weighted by Gasteiger charge is 2.17. The summed E-state index contributed by atoms with van der Waals surface area (Å²) in [6.07, 6.45) is 2.64. The van der Waals surface area contributed by atoms with Crippen molar-refractivity contribution in [2.75, 3.05) is 13.1 Å². The van der Waals surface area contributed by atoms with Crippen molar-refractivity contribution < 1.29 is 0 Å². The summed E-state index contributed by atoms with van der Waals surface area (Å²) in [5, 5.41) is 0. The molecule has 0 spiro atoms. The van der Waals surface area contributed by atoms with Gasteiger partial charge in [-0.3, -0.25) is 4.90 Å². The maximum atomic E-state index is 4.92. The first-order valence-electron chi connectivity index (χ1n) is 8.52. The number of hydrogen-bond acceptors (Lipinski definition) is 2. The van der Waals surface area contributed by atoms with Crippen LogP contribution in [0.2, 0.25) is 0 Å². The summed E-state index contributed by atoms with van der Waals surface area (Å²) in [7, 11) is 0. The second kappa shape index (κ2) is 8.70. The first-order valence-corrected chi connectivity index (χ1v) is 8.52. The summed E-state index contributed by atoms with van der Waals surface area (Å²) >= 11 is 0. The number of nitrogens with zero attached hydrogens (tertiary/aromatic N) is 3. The lowest BCUT2D eigenvalue weighted by molar-refractivity contribution is 0.318. The molecule has 0 amide bonds. The number of aromatic nitrogens is 2. The molecule has 1 aliphatic rings. The molecule has 1 saturated heterocycles. The number of hydrogen-bond donors (Lipinski definition) is 0. The Morgan fingerprint density at radius 2 is 1.68 bits per heavy atom. The predicted octanol–water partition coefficient (Wildman–Crippen LogP) is 4.83. The van der Waals surface area contributed by atoms with E-state index in [4.69, 9.17) is 4.98 Å². The van der Waals surface area contributed by atoms with Crippen LogP contribution in [-0.4, -0.2) is 27.5 Å². The van der Waals surface area contributed by atoms with Crippen molar-refractivity contribution in [3.8, 4) is 0 Å². The SMILES string of the molecule is Cc1cccc(Cn2c(CN3CCCC3)nc3ccccc32)c1.Cl.Cl. The maximum Gasteiger partial charge on any atom is 0.124 e. The number of aryl methyl sites for hydroxylation is 1. The quantitative estimate of drug-likeness (QED) is 0.648. The molecule has 2 heterocycles. The highest BCUT2D eigenvalue weighted by Crippen LogP contribution is 2.21. The number of likely N-dealkylation sites (tertiary alicyclic amines) is 1. The summed E-state index contributed by atoms with van der Waals surface area (Å²) in [4.78, 5) is 7.44. The Kier molecular flexibility index (Phi) is 6.88. The minimum absolute atomic E-state index is 0. The molecule has 2 aromatic carbocycles. The highest BCUT2D eigenvalue weighted by molar-refractivity contribution is 5.85. The fourth-order valence-corrected chi connectivity index (χ4v) is 3.56. The number of rotatable bonds is 4. The van der Waals surface area contributed by atoms with Crippen LogP contribution in [0, 0.1) is 6.92 Å². The van der Waals surface area contributed by atoms with E-state index in [1.807, 2.05) is 0 Å². The maximum absolute atomic E-state index is 4.92. The van der Waals surface area contributed by atoms with Crippen LogP contribution in [0.3, 0.4) is 0 Å². The van der Waals surface area contributed by atoms with Crippen molar-refractivity contribution >= 4 is 35.8 Å². The second-order valence-corrected chi connectivity index (χ2v) is 6.58. The Bertz CT molecular complexity index is 823. The minimum Gasteiger partial charge on any atom is -0.322 e. The van der Waals surface area contributed by atoms with Crippen LogP contribution >= 0.6 is 24.8 Å². The van der Waals surface area contributed by atoms with Gasteiger partial charge >= 0.3 is 0 Å². The number of halogens is 2. The first-order chi connectivity index (χ1) is 11.3. The topological polar surface area (TPSA) is 21.1 Å². The van der Waals surface area contributed by atoms with E-state index in [-0.39, 0.29) is 24.8 Å². The van der Waals surface area contributed by atoms with Gasteiger partial charge in [-0.1, -0.05) is 42.0 Å². The Hall–Kier alpha value is -1.55. The lowest BCUT2D eigenvalue weighted by Gasteiger charge is -2.16. The molecule has 0 N–H and O–H groups in total. The van der Waals surface area contributed by atoms with Gasteiger partial charge in [0.05, 0.1) is 17.6 Å². The minimum atomic E-state index is 0. The molecule has 3 aromatic rings. The van der Waals surface area contributed by atoms with Gasteiger partial charge < -0.3 is 4.57 Å². The average molecular weight is 378 g/mol. The zero-order valence-electron chi connectivity index (χ0n) is 14.5. The Morgan fingerprint density at radius 1 is 0.920 bits per heavy atom. The van der Waals surface area contributed by atoms with Crippen molar-refractivity contribution in [1.29, 1.82) is 0 Å². The Labute approximate surface area is 161 Å². The van der Waals surface area contributed by atoms with Crippen molar-refractivity contribution in [2.45, 2.75) is 32.9 Å². The van der Waals surface area contributed by atoms with Gasteiger partial charge in [0.25, 0.3) is 0 Å². The number of fused-ring (bicyclic) bond motifs is 1. The van der Waals surface area contributed by atoms with E-state index in [0.29, 0.717) is 0 Å². The van der Waals surface area contributed by atoms with E-state index in [9.17, 15) is 0 Å². The van der Waals surface area contributed by atoms with E-state index >= 15 is 0 Å². The number of para-hydroxylation sites is 2. The first kappa shape index (κ1) is 19.8. The monoisotopic (exact) mass is 377 g/mol. The molecule has 134 valence electrons. The highest BCUT2D eigenvalue weighted by atomic mass is 35.5. The fraction of sp³-hybridized carbons (Fsp3) is 0.350. The molecule has 0 atom stereocenters. The summed E-state index contributed by atoms with van der Waals surface area (Å²) in [5.74, 6) is 1.19. The predicted molar refractivity (Wildman–Crippen MR) is 109 cm³/mol. The van der Waals surface area contributed by atoms with E-state index < -0.39 is 0 Å². The van der Waals surface area contributed by atoms with Gasteiger partial charge in [-0.2, -0.15) is 0 Å². The van der Waals surface area contributed by atoms with Crippen molar-refractivity contribution in [3.63, 3.8) is 0 Å². The van der Waals surface area contributed by atoms with E-state index in [2.05, 4.69) is 64.9 Å². The fourth-order valence-electron chi connectivity index (χ4n) is 3.56. The van der Waals surface area contributed by atoms with E-state index in [1.165, 1.54) is 48.4 Å². The summed E-state index contributed by atoms with van der Waals surface area (Å²) in [5.41, 5.74) is 5.00. The lowest BCUT2D eigenvalue weighted by atomic mass is 10.1. The van der Waals surface area contributed by atoms with Gasteiger partial charge in [-0.25, -0.2) is 4.98 Å². The van der Waals surface area contributed by atoms with Gasteiger partial charge in [0.1, 0.15) is 5.82 Å². The second-order valence-electron chi connectivity index (χ2n) is 6.58. The summed E-state index contributed by atoms with van der Waals surface area (Å²) < 4.78 is 2.39. The molecule has 0 radical (unpaired) electrons. The molecule has 3 nitrogen and oxygen atoms in total. The van der Waals surface area contributed by atoms with Gasteiger partial charge in [-0.05, 0) is 50.6 Å². The Balaban J connectivity index is 0.00000113. The standard InChI is InChI=1S/C20H23N3.2ClH/c1-16-7-6-8-17(13-16)14-23-19-10-3-2-9-18(19)21-20(23)15-22-11-4-5-12-22;;/h2-3,6-10,13H,4-5,11-12,14-15H2,1H3;2*1H. The van der Waals surface area contributed by atoms with Crippen LogP contribution in [0.1, 0.15) is 29.8 Å². The summed E-state index contributed by atoms with van der Waals surface area (Å²) in [6.45, 7) is 6.41. The molecule has 0 aliphatic carbocycles. The van der Waals surface area contributed by atoms with Crippen LogP contribution in [0.15, 0.2) is 48.5 Å². The third kappa shape index (κ3) is 4.35. The molecule has 0 bridgehead atoms. The molecule has 1 aromatic heterocycles. The molecule has 1 fully saturated rings. The molecular weight excluding hydrogens is 353 g/mol. The smallest absolute Gasteiger partial charge is 0.124 e. The number of imidazole rings is 1. The molecule has 5 heteroatoms. The van der Waals surface area contributed by atoms with E-state index in [0.717, 1.165) is 18.6 Å². The largest absolute Gasteiger partial charge is 0.322 e. The van der Waals surface area contributed by atoms with Gasteiger partial charge in [0.15, 0.2) is 0 Å². The zero-order chi connectivity index (χ0) is 15.6. The molecule has 0 saturated carbocycles. The van der Waals surface area contributed by atoms with Crippen molar-refractivity contribution in [3.05, 3.63) is 65.5 Å². The van der Waals surface area contributed by atoms with Crippen LogP contribution in [0.4, 0.5) is 0 Å². The average Bonchev–Trinajstić information content (AvgIpc) is 3.17. The van der Waals surface area contributed by atoms with Crippen LogP contribution < -0.4 is 0 Å². The summed E-state index contributed by atoms with van der Waals surface area (Å²) in [6, 6.07) is 17.3. The Morgan fingerprint density at radius 3 is 2.44 bits per heavy atom. The van der Waals surface area contributed by atoms with Crippen LogP contribution in [0.5, 0.6) is 0 Å². The lowest BCUT2D eigenvalue weighted by Crippen LogP contribution is -2.21. The van der Waals surface area contributed by atoms with Gasteiger partial charge in [-0.15, -0.1) is 24.8 Å². The number of benzene rings is 2. The third-order valence-corrected chi connectivity index (χ3v) is 4.72. The van der Waals surface area contributed by atoms with Crippen LogP contribution in [0.25, 0.3) is 11.0 Å². The van der Waals surface area contributed by atoms with E-state index in [1.54, 1.807) is 0 Å². The third-order valence-electron chi connectivity index (χ3n) is 4.72. The van der Waals surface area contributed by atoms with Crippen LogP contribution in [-0.2, 0) is 13.1 Å². The van der Waals surface area contributed by atoms with Gasteiger partial charge in [0, 0.05) is 6.54 Å². The molecule has 25 heavy (non-hydrogen) atoms. The van der Waals surface area contributed by atoms with Crippen molar-refractivity contribution in [1.82, 2.24) is 14.5 Å². The molecule has 1 aliphatic heterocycles. The van der Waals surface area contributed by atoms with Gasteiger partial charge in [0.2, 0.25) is 0 Å². The zero-order valence-corrected chi connectivity index (χ0v) is 16.2. The molecular formula is C20H25Cl2N3. The van der Waals surface area contributed by atoms with Crippen molar-refractivity contribution in [2.24, 2.45) is 0 Å². The molecule has 4 rings (SSSR count). The molecule has 0 unspecified atom stereocenters. The normalized spacial score (nSPS) is 14.3.